The highest BCUT2D eigenvalue weighted by molar-refractivity contribution is 5.76. The highest BCUT2D eigenvalue weighted by atomic mass is 19.4. The molecule has 0 saturated carbocycles. The molecule has 13 heteroatoms. The molecule has 2 heterocycles. The van der Waals surface area contributed by atoms with Gasteiger partial charge in [0.25, 0.3) is 5.95 Å². The van der Waals surface area contributed by atoms with E-state index in [-0.39, 0.29) is 18.6 Å². The monoisotopic (exact) mass is 604 g/mol. The zero-order valence-electron chi connectivity index (χ0n) is 24.3. The Labute approximate surface area is 247 Å². The lowest BCUT2D eigenvalue weighted by atomic mass is 9.97. The fourth-order valence-corrected chi connectivity index (χ4v) is 4.64. The van der Waals surface area contributed by atoms with E-state index < -0.39 is 23.3 Å². The number of alkyl halides is 3. The number of halogens is 3. The maximum atomic E-state index is 13.1. The molecule has 2 aromatic carbocycles. The molecule has 4 rings (SSSR count). The molecular formula is C30H35F3N4O6. The zero-order valence-corrected chi connectivity index (χ0v) is 24.3. The Morgan fingerprint density at radius 1 is 1.05 bits per heavy atom. The number of rotatable bonds is 11. The van der Waals surface area contributed by atoms with Crippen LogP contribution in [0.1, 0.15) is 62.1 Å². The number of carboxylic acids is 1. The summed E-state index contributed by atoms with van der Waals surface area (Å²) in [5.41, 5.74) is -0.548. The number of aromatic nitrogens is 2. The van der Waals surface area contributed by atoms with Crippen LogP contribution in [0.2, 0.25) is 0 Å². The number of carbonyl (C=O) groups is 2. The fraction of sp³-hybridized carbons (Fsp3) is 0.467. The van der Waals surface area contributed by atoms with Gasteiger partial charge in [0.2, 0.25) is 5.89 Å². The van der Waals surface area contributed by atoms with Gasteiger partial charge in [0.1, 0.15) is 5.75 Å². The predicted octanol–water partition coefficient (Wildman–Crippen LogP) is 5.92. The van der Waals surface area contributed by atoms with Gasteiger partial charge in [-0.05, 0) is 80.6 Å². The Hall–Kier alpha value is -4.29. The number of hydrogen-bond acceptors (Lipinski definition) is 8. The third-order valence-corrected chi connectivity index (χ3v) is 7.22. The van der Waals surface area contributed by atoms with E-state index in [2.05, 4.69) is 10.1 Å². The summed E-state index contributed by atoms with van der Waals surface area (Å²) >= 11 is 0. The van der Waals surface area contributed by atoms with E-state index >= 15 is 0 Å². The molecule has 43 heavy (non-hydrogen) atoms. The number of nitrogens with zero attached hydrogens (tertiary/aromatic N) is 4. The van der Waals surface area contributed by atoms with Crippen LogP contribution in [0.5, 0.6) is 5.75 Å². The number of benzene rings is 2. The largest absolute Gasteiger partial charge is 0.478 e. The number of piperidine rings is 1. The molecule has 0 aliphatic carbocycles. The van der Waals surface area contributed by atoms with E-state index in [0.717, 1.165) is 17.7 Å². The molecule has 1 saturated heterocycles. The summed E-state index contributed by atoms with van der Waals surface area (Å²) in [7, 11) is 0. The van der Waals surface area contributed by atoms with Gasteiger partial charge in [-0.1, -0.05) is 24.3 Å². The van der Waals surface area contributed by atoms with Crippen molar-refractivity contribution >= 4 is 18.0 Å². The molecule has 0 unspecified atom stereocenters. The van der Waals surface area contributed by atoms with Crippen LogP contribution in [0.4, 0.5) is 23.9 Å². The minimum atomic E-state index is -4.43. The number of likely N-dealkylation sites (tertiary alicyclic amines) is 1. The summed E-state index contributed by atoms with van der Waals surface area (Å²) in [6, 6.07) is 12.0. The first-order valence-corrected chi connectivity index (χ1v) is 14.0. The minimum absolute atomic E-state index is 0.0394. The van der Waals surface area contributed by atoms with Gasteiger partial charge in [-0.25, -0.2) is 9.59 Å². The molecule has 1 N–H and O–H groups in total. The summed E-state index contributed by atoms with van der Waals surface area (Å²) in [6.45, 7) is 6.65. The van der Waals surface area contributed by atoms with Gasteiger partial charge in [0, 0.05) is 32.1 Å². The van der Waals surface area contributed by atoms with Crippen LogP contribution in [0.3, 0.4) is 0 Å². The molecule has 10 nitrogen and oxygen atoms in total. The average molecular weight is 605 g/mol. The highest BCUT2D eigenvalue weighted by Crippen LogP contribution is 2.31. The van der Waals surface area contributed by atoms with Gasteiger partial charge in [-0.15, -0.1) is 0 Å². The van der Waals surface area contributed by atoms with Crippen molar-refractivity contribution in [3.05, 3.63) is 71.1 Å². The Bertz CT molecular complexity index is 1370. The molecule has 0 bridgehead atoms. The zero-order chi connectivity index (χ0) is 31.2. The first-order chi connectivity index (χ1) is 20.4. The summed E-state index contributed by atoms with van der Waals surface area (Å²) < 4.78 is 55.5. The second-order valence-corrected chi connectivity index (χ2v) is 10.8. The topological polar surface area (TPSA) is 118 Å². The van der Waals surface area contributed by atoms with Crippen molar-refractivity contribution in [1.29, 1.82) is 0 Å². The van der Waals surface area contributed by atoms with Crippen molar-refractivity contribution in [2.45, 2.75) is 64.3 Å². The average Bonchev–Trinajstić information content (AvgIpc) is 3.46. The molecule has 1 aliphatic heterocycles. The van der Waals surface area contributed by atoms with Crippen molar-refractivity contribution in [3.63, 3.8) is 0 Å². The number of anilines is 1. The van der Waals surface area contributed by atoms with Crippen molar-refractivity contribution in [3.8, 4) is 5.75 Å². The van der Waals surface area contributed by atoms with Crippen LogP contribution in [-0.2, 0) is 28.7 Å². The normalized spacial score (nSPS) is 14.4. The van der Waals surface area contributed by atoms with Crippen LogP contribution in [0, 0.1) is 0 Å². The number of carbonyl (C=O) groups excluding carboxylic acids is 1. The Morgan fingerprint density at radius 3 is 2.26 bits per heavy atom. The molecule has 1 amide bonds. The van der Waals surface area contributed by atoms with Crippen molar-refractivity contribution < 1.29 is 41.9 Å². The third kappa shape index (κ3) is 8.39. The SMILES string of the molecule is CCOC(=O)N1CCC(c2nc(N(CCc3ccc(OC(C)(C)C(=O)O)cc3)Cc3ccc(C(F)(F)F)cc3)no2)CC1. The predicted molar refractivity (Wildman–Crippen MR) is 150 cm³/mol. The van der Waals surface area contributed by atoms with Crippen molar-refractivity contribution in [1.82, 2.24) is 15.0 Å². The Balaban J connectivity index is 1.47. The highest BCUT2D eigenvalue weighted by Gasteiger charge is 2.31. The van der Waals surface area contributed by atoms with E-state index in [1.54, 1.807) is 24.0 Å². The molecule has 232 valence electrons. The van der Waals surface area contributed by atoms with Gasteiger partial charge in [0.05, 0.1) is 12.2 Å². The van der Waals surface area contributed by atoms with Gasteiger partial charge in [-0.2, -0.15) is 18.2 Å². The quantitative estimate of drug-likeness (QED) is 0.285. The summed E-state index contributed by atoms with van der Waals surface area (Å²) in [4.78, 5) is 31.5. The lowest BCUT2D eigenvalue weighted by Gasteiger charge is -2.29. The van der Waals surface area contributed by atoms with Gasteiger partial charge >= 0.3 is 18.2 Å². The fourth-order valence-electron chi connectivity index (χ4n) is 4.64. The lowest BCUT2D eigenvalue weighted by molar-refractivity contribution is -0.152. The van der Waals surface area contributed by atoms with E-state index in [4.69, 9.17) is 14.0 Å². The molecule has 1 aromatic heterocycles. The van der Waals surface area contributed by atoms with E-state index in [9.17, 15) is 27.9 Å². The maximum Gasteiger partial charge on any atom is 0.416 e. The number of carboxylic acid groups (broad SMARTS) is 1. The van der Waals surface area contributed by atoms with Gasteiger partial charge in [-0.3, -0.25) is 0 Å². The van der Waals surface area contributed by atoms with Crippen LogP contribution in [0.25, 0.3) is 0 Å². The minimum Gasteiger partial charge on any atom is -0.478 e. The Kier molecular flexibility index (Phi) is 9.82. The summed E-state index contributed by atoms with van der Waals surface area (Å²) in [5, 5.41) is 13.5. The Morgan fingerprint density at radius 2 is 1.67 bits per heavy atom. The number of amides is 1. The van der Waals surface area contributed by atoms with E-state index in [1.165, 1.54) is 26.0 Å². The van der Waals surface area contributed by atoms with Gasteiger partial charge < -0.3 is 28.9 Å². The molecule has 0 radical (unpaired) electrons. The molecule has 1 aliphatic rings. The molecule has 3 aromatic rings. The second kappa shape index (κ2) is 13.3. The number of ether oxygens (including phenoxy) is 2. The molecule has 0 spiro atoms. The second-order valence-electron chi connectivity index (χ2n) is 10.8. The van der Waals surface area contributed by atoms with Crippen LogP contribution in [-0.4, -0.2) is 64.1 Å². The van der Waals surface area contributed by atoms with Crippen LogP contribution >= 0.6 is 0 Å². The molecule has 0 atom stereocenters. The smallest absolute Gasteiger partial charge is 0.416 e. The summed E-state index contributed by atoms with van der Waals surface area (Å²) in [6.07, 6.45) is -2.98. The third-order valence-electron chi connectivity index (χ3n) is 7.22. The standard InChI is InChI=1S/C30H35F3N4O6/c1-4-41-28(40)36-17-14-22(15-18-36)25-34-27(35-43-25)37(19-21-5-9-23(10-6-21)30(31,32)33)16-13-20-7-11-24(12-8-20)42-29(2,3)26(38)39/h5-12,22H,4,13-19H2,1-3H3,(H,38,39). The lowest BCUT2D eigenvalue weighted by Crippen LogP contribution is -2.38. The molecule has 1 fully saturated rings. The van der Waals surface area contributed by atoms with E-state index in [0.29, 0.717) is 68.7 Å². The van der Waals surface area contributed by atoms with Crippen LogP contribution < -0.4 is 9.64 Å². The molecular weight excluding hydrogens is 569 g/mol. The van der Waals surface area contributed by atoms with Crippen molar-refractivity contribution in [2.75, 3.05) is 31.1 Å². The van der Waals surface area contributed by atoms with Crippen LogP contribution in [0.15, 0.2) is 53.1 Å². The summed E-state index contributed by atoms with van der Waals surface area (Å²) in [5.74, 6) is 0.0425. The van der Waals surface area contributed by atoms with E-state index in [1.807, 2.05) is 17.0 Å². The maximum absolute atomic E-state index is 13.1. The van der Waals surface area contributed by atoms with Gasteiger partial charge in [0.15, 0.2) is 5.60 Å². The van der Waals surface area contributed by atoms with Crippen molar-refractivity contribution in [2.24, 2.45) is 0 Å². The first-order valence-electron chi connectivity index (χ1n) is 14.0. The number of hydrogen-bond donors (Lipinski definition) is 1. The first kappa shape index (κ1) is 31.6. The number of aliphatic carboxylic acids is 1.